The maximum absolute atomic E-state index is 12.9. The number of para-hydroxylation sites is 1. The second-order valence-corrected chi connectivity index (χ2v) is 5.43. The van der Waals surface area contributed by atoms with Gasteiger partial charge in [-0.25, -0.2) is 9.82 Å². The van der Waals surface area contributed by atoms with Crippen LogP contribution in [0.3, 0.4) is 0 Å². The number of anilines is 1. The lowest BCUT2D eigenvalue weighted by Crippen LogP contribution is -2.29. The number of carbonyl (C=O) groups excluding carboxylic acids is 2. The lowest BCUT2D eigenvalue weighted by atomic mass is 10.1. The first-order valence-corrected chi connectivity index (χ1v) is 7.59. The van der Waals surface area contributed by atoms with Gasteiger partial charge >= 0.3 is 0 Å². The van der Waals surface area contributed by atoms with Crippen molar-refractivity contribution in [2.24, 2.45) is 16.1 Å². The lowest BCUT2D eigenvalue weighted by Gasteiger charge is -2.12. The number of hydrogen-bond donors (Lipinski definition) is 1. The highest BCUT2D eigenvalue weighted by atomic mass is 19.1. The fourth-order valence-electron chi connectivity index (χ4n) is 2.34. The Hall–Kier alpha value is -3.35. The minimum Gasteiger partial charge on any atom is -0.271 e. The van der Waals surface area contributed by atoms with Crippen molar-refractivity contribution in [2.45, 2.75) is 6.92 Å². The predicted molar refractivity (Wildman–Crippen MR) is 92.9 cm³/mol. The molecule has 2 aromatic rings. The van der Waals surface area contributed by atoms with Crippen molar-refractivity contribution in [2.75, 3.05) is 5.01 Å². The maximum atomic E-state index is 12.9. The molecule has 126 valence electrons. The number of rotatable bonds is 4. The van der Waals surface area contributed by atoms with E-state index in [2.05, 4.69) is 15.6 Å². The van der Waals surface area contributed by atoms with E-state index in [0.29, 0.717) is 11.4 Å². The van der Waals surface area contributed by atoms with E-state index in [1.807, 2.05) is 18.2 Å². The average Bonchev–Trinajstić information content (AvgIpc) is 2.91. The lowest BCUT2D eigenvalue weighted by molar-refractivity contribution is -0.118. The van der Waals surface area contributed by atoms with Crippen LogP contribution in [0.2, 0.25) is 0 Å². The van der Waals surface area contributed by atoms with Gasteiger partial charge in [0.2, 0.25) is 0 Å². The van der Waals surface area contributed by atoms with Crippen LogP contribution in [0.15, 0.2) is 64.8 Å². The van der Waals surface area contributed by atoms with Crippen molar-refractivity contribution in [3.63, 3.8) is 0 Å². The van der Waals surface area contributed by atoms with E-state index >= 15 is 0 Å². The Balaban J connectivity index is 1.66. The van der Waals surface area contributed by atoms with Gasteiger partial charge in [-0.1, -0.05) is 18.2 Å². The highest BCUT2D eigenvalue weighted by Gasteiger charge is 2.33. The molecule has 0 radical (unpaired) electrons. The third kappa shape index (κ3) is 3.60. The van der Waals surface area contributed by atoms with Crippen molar-refractivity contribution < 1.29 is 14.0 Å². The molecule has 25 heavy (non-hydrogen) atoms. The average molecular weight is 338 g/mol. The molecule has 0 spiro atoms. The fourth-order valence-corrected chi connectivity index (χ4v) is 2.34. The van der Waals surface area contributed by atoms with Crippen LogP contribution in [-0.4, -0.2) is 23.7 Å². The summed E-state index contributed by atoms with van der Waals surface area (Å²) in [5.41, 5.74) is 3.84. The Morgan fingerprint density at radius 2 is 1.88 bits per heavy atom. The van der Waals surface area contributed by atoms with Crippen molar-refractivity contribution in [3.05, 3.63) is 66.0 Å². The molecule has 0 aliphatic carbocycles. The minimum absolute atomic E-state index is 0.247. The third-order valence-corrected chi connectivity index (χ3v) is 3.68. The molecule has 0 saturated carbocycles. The standard InChI is InChI=1S/C18H15FN4O2/c1-12-16(18(25)23(22-12)15-5-3-2-4-6-15)11-20-21-17(24)13-7-9-14(19)10-8-13/h2-11,16H,1H3,(H,21,24)/b20-11-/t16-/m1/s1. The molecule has 1 aliphatic rings. The molecular formula is C18H15FN4O2. The number of carbonyl (C=O) groups is 2. The molecule has 7 heteroatoms. The molecule has 0 fully saturated rings. The summed E-state index contributed by atoms with van der Waals surface area (Å²) in [5.74, 6) is -1.81. The van der Waals surface area contributed by atoms with Crippen molar-refractivity contribution in [1.29, 1.82) is 0 Å². The highest BCUT2D eigenvalue weighted by Crippen LogP contribution is 2.22. The van der Waals surface area contributed by atoms with E-state index in [4.69, 9.17) is 0 Å². The second-order valence-electron chi connectivity index (χ2n) is 5.43. The number of benzene rings is 2. The normalized spacial score (nSPS) is 17.0. The number of amides is 2. The van der Waals surface area contributed by atoms with Gasteiger partial charge in [0.05, 0.1) is 11.4 Å². The Bertz CT molecular complexity index is 847. The molecule has 1 heterocycles. The summed E-state index contributed by atoms with van der Waals surface area (Å²) < 4.78 is 12.9. The van der Waals surface area contributed by atoms with Crippen molar-refractivity contribution in [1.82, 2.24) is 5.43 Å². The summed E-state index contributed by atoms with van der Waals surface area (Å²) in [5, 5.41) is 9.39. The van der Waals surface area contributed by atoms with E-state index < -0.39 is 17.6 Å². The van der Waals surface area contributed by atoms with Crippen LogP contribution >= 0.6 is 0 Å². The molecule has 0 saturated heterocycles. The van der Waals surface area contributed by atoms with Gasteiger partial charge in [0.25, 0.3) is 11.8 Å². The van der Waals surface area contributed by atoms with Crippen LogP contribution in [0.4, 0.5) is 10.1 Å². The van der Waals surface area contributed by atoms with E-state index in [9.17, 15) is 14.0 Å². The smallest absolute Gasteiger partial charge is 0.271 e. The molecule has 6 nitrogen and oxygen atoms in total. The molecular weight excluding hydrogens is 323 g/mol. The highest BCUT2D eigenvalue weighted by molar-refractivity contribution is 6.23. The van der Waals surface area contributed by atoms with Crippen LogP contribution in [0.25, 0.3) is 0 Å². The number of hydrogen-bond acceptors (Lipinski definition) is 4. The van der Waals surface area contributed by atoms with Crippen molar-refractivity contribution >= 4 is 29.4 Å². The van der Waals surface area contributed by atoms with Gasteiger partial charge in [0.15, 0.2) is 0 Å². The van der Waals surface area contributed by atoms with Gasteiger partial charge in [-0.3, -0.25) is 9.59 Å². The van der Waals surface area contributed by atoms with Crippen LogP contribution < -0.4 is 10.4 Å². The van der Waals surface area contributed by atoms with Gasteiger partial charge in [0, 0.05) is 11.8 Å². The predicted octanol–water partition coefficient (Wildman–Crippen LogP) is 2.58. The summed E-state index contributed by atoms with van der Waals surface area (Å²) in [6, 6.07) is 14.1. The minimum atomic E-state index is -0.645. The number of hydrazone groups is 2. The Morgan fingerprint density at radius 1 is 1.20 bits per heavy atom. The van der Waals surface area contributed by atoms with Crippen LogP contribution in [-0.2, 0) is 4.79 Å². The Morgan fingerprint density at radius 3 is 2.56 bits per heavy atom. The first-order chi connectivity index (χ1) is 12.1. The molecule has 1 aliphatic heterocycles. The van der Waals surface area contributed by atoms with Gasteiger partial charge < -0.3 is 0 Å². The summed E-state index contributed by atoms with van der Waals surface area (Å²) in [4.78, 5) is 24.4. The number of nitrogens with zero attached hydrogens (tertiary/aromatic N) is 3. The Kier molecular flexibility index (Phi) is 4.65. The first-order valence-electron chi connectivity index (χ1n) is 7.59. The largest absolute Gasteiger partial charge is 0.271 e. The van der Waals surface area contributed by atoms with E-state index in [1.54, 1.807) is 19.1 Å². The van der Waals surface area contributed by atoms with Gasteiger partial charge in [-0.05, 0) is 43.3 Å². The summed E-state index contributed by atoms with van der Waals surface area (Å²) >= 11 is 0. The molecule has 2 amide bonds. The number of nitrogens with one attached hydrogen (secondary N) is 1. The molecule has 1 N–H and O–H groups in total. The quantitative estimate of drug-likeness (QED) is 0.687. The van der Waals surface area contributed by atoms with E-state index in [-0.39, 0.29) is 11.5 Å². The maximum Gasteiger partial charge on any atom is 0.271 e. The molecule has 0 unspecified atom stereocenters. The summed E-state index contributed by atoms with van der Waals surface area (Å²) in [6.07, 6.45) is 1.34. The van der Waals surface area contributed by atoms with Crippen LogP contribution in [0.5, 0.6) is 0 Å². The van der Waals surface area contributed by atoms with Gasteiger partial charge in [-0.15, -0.1) is 0 Å². The Labute approximate surface area is 143 Å². The topological polar surface area (TPSA) is 74.1 Å². The van der Waals surface area contributed by atoms with Crippen molar-refractivity contribution in [3.8, 4) is 0 Å². The molecule has 3 rings (SSSR count). The van der Waals surface area contributed by atoms with Crippen LogP contribution in [0, 0.1) is 11.7 Å². The van der Waals surface area contributed by atoms with E-state index in [0.717, 1.165) is 0 Å². The zero-order chi connectivity index (χ0) is 17.8. The zero-order valence-corrected chi connectivity index (χ0v) is 13.4. The first kappa shape index (κ1) is 16.5. The van der Waals surface area contributed by atoms with Gasteiger partial charge in [0.1, 0.15) is 11.7 Å². The second kappa shape index (κ2) is 7.04. The van der Waals surface area contributed by atoms with E-state index in [1.165, 1.54) is 35.5 Å². The molecule has 0 aromatic heterocycles. The zero-order valence-electron chi connectivity index (χ0n) is 13.4. The van der Waals surface area contributed by atoms with Gasteiger partial charge in [-0.2, -0.15) is 15.2 Å². The third-order valence-electron chi connectivity index (χ3n) is 3.68. The molecule has 1 atom stereocenters. The molecule has 2 aromatic carbocycles. The SMILES string of the molecule is CC1=NN(c2ccccc2)C(=O)[C@@H]1/C=N\NC(=O)c1ccc(F)cc1. The van der Waals surface area contributed by atoms with Crippen LogP contribution in [0.1, 0.15) is 17.3 Å². The number of halogens is 1. The monoisotopic (exact) mass is 338 g/mol. The fraction of sp³-hybridized carbons (Fsp3) is 0.111. The molecule has 0 bridgehead atoms. The summed E-state index contributed by atoms with van der Waals surface area (Å²) in [7, 11) is 0. The summed E-state index contributed by atoms with van der Waals surface area (Å²) in [6.45, 7) is 1.72.